The van der Waals surface area contributed by atoms with E-state index in [1.807, 2.05) is 6.92 Å². The van der Waals surface area contributed by atoms with Crippen molar-refractivity contribution in [1.29, 1.82) is 0 Å². The van der Waals surface area contributed by atoms with Crippen LogP contribution < -0.4 is 21.7 Å². The summed E-state index contributed by atoms with van der Waals surface area (Å²) in [6.45, 7) is 6.99. The first-order chi connectivity index (χ1) is 16.9. The Bertz CT molecular complexity index is 907. The molecule has 11 nitrogen and oxygen atoms in total. The van der Waals surface area contributed by atoms with E-state index in [0.29, 0.717) is 6.42 Å². The molecule has 200 valence electrons. The van der Waals surface area contributed by atoms with E-state index in [1.165, 1.54) is 0 Å². The summed E-state index contributed by atoms with van der Waals surface area (Å²) in [4.78, 5) is 61.2. The van der Waals surface area contributed by atoms with Crippen LogP contribution in [0.1, 0.15) is 52.5 Å². The molecule has 1 aromatic rings. The number of nitrogens with two attached hydrogens (primary N) is 1. The van der Waals surface area contributed by atoms with E-state index in [2.05, 4.69) is 16.0 Å². The van der Waals surface area contributed by atoms with Gasteiger partial charge in [0.2, 0.25) is 17.7 Å². The zero-order valence-electron chi connectivity index (χ0n) is 21.2. The Morgan fingerprint density at radius 3 is 1.92 bits per heavy atom. The molecular formula is C25H38N4O7. The zero-order valence-corrected chi connectivity index (χ0v) is 21.2. The van der Waals surface area contributed by atoms with Gasteiger partial charge < -0.3 is 31.9 Å². The summed E-state index contributed by atoms with van der Waals surface area (Å²) in [7, 11) is 0. The summed E-state index contributed by atoms with van der Waals surface area (Å²) in [6, 6.07) is 4.46. The molecule has 0 aliphatic rings. The highest BCUT2D eigenvalue weighted by molar-refractivity contribution is 5.94. The summed E-state index contributed by atoms with van der Waals surface area (Å²) in [6.07, 6.45) is 0.211. The summed E-state index contributed by atoms with van der Waals surface area (Å²) >= 11 is 0. The second kappa shape index (κ2) is 14.8. The third-order valence-corrected chi connectivity index (χ3v) is 5.94. The van der Waals surface area contributed by atoms with Crippen molar-refractivity contribution in [3.8, 4) is 0 Å². The summed E-state index contributed by atoms with van der Waals surface area (Å²) < 4.78 is 0. The van der Waals surface area contributed by atoms with E-state index in [0.717, 1.165) is 5.56 Å². The Morgan fingerprint density at radius 2 is 1.42 bits per heavy atom. The Labute approximate surface area is 211 Å². The van der Waals surface area contributed by atoms with Gasteiger partial charge in [0.25, 0.3) is 0 Å². The van der Waals surface area contributed by atoms with Crippen LogP contribution in [0.5, 0.6) is 0 Å². The highest BCUT2D eigenvalue weighted by Gasteiger charge is 2.33. The van der Waals surface area contributed by atoms with Gasteiger partial charge in [-0.3, -0.25) is 19.2 Å². The van der Waals surface area contributed by atoms with Crippen LogP contribution in [0.3, 0.4) is 0 Å². The molecule has 36 heavy (non-hydrogen) atoms. The first-order valence-electron chi connectivity index (χ1n) is 12.0. The fourth-order valence-corrected chi connectivity index (χ4v) is 3.46. The van der Waals surface area contributed by atoms with Gasteiger partial charge in [0.1, 0.15) is 18.1 Å². The molecule has 0 saturated carbocycles. The number of amides is 3. The van der Waals surface area contributed by atoms with Crippen LogP contribution in [0.15, 0.2) is 30.3 Å². The molecule has 0 aromatic heterocycles. The number of aliphatic carboxylic acids is 2. The van der Waals surface area contributed by atoms with Crippen LogP contribution >= 0.6 is 0 Å². The largest absolute Gasteiger partial charge is 0.481 e. The predicted molar refractivity (Wildman–Crippen MR) is 133 cm³/mol. The van der Waals surface area contributed by atoms with E-state index >= 15 is 0 Å². The van der Waals surface area contributed by atoms with Gasteiger partial charge in [-0.1, -0.05) is 64.4 Å². The van der Waals surface area contributed by atoms with Crippen molar-refractivity contribution >= 4 is 29.7 Å². The van der Waals surface area contributed by atoms with Crippen molar-refractivity contribution in [3.63, 3.8) is 0 Å². The van der Waals surface area contributed by atoms with Crippen LogP contribution in [-0.2, 0) is 30.4 Å². The number of carboxylic acids is 2. The van der Waals surface area contributed by atoms with Gasteiger partial charge in [-0.25, -0.2) is 4.79 Å². The predicted octanol–water partition coefficient (Wildman–Crippen LogP) is 0.662. The van der Waals surface area contributed by atoms with Crippen molar-refractivity contribution in [2.45, 2.75) is 77.5 Å². The van der Waals surface area contributed by atoms with E-state index in [9.17, 15) is 29.1 Å². The minimum atomic E-state index is -1.21. The van der Waals surface area contributed by atoms with Crippen molar-refractivity contribution in [2.75, 3.05) is 0 Å². The van der Waals surface area contributed by atoms with E-state index in [1.54, 1.807) is 51.1 Å². The number of carboxylic acid groups (broad SMARTS) is 2. The second-order valence-corrected chi connectivity index (χ2v) is 9.23. The van der Waals surface area contributed by atoms with E-state index in [4.69, 9.17) is 10.8 Å². The van der Waals surface area contributed by atoms with Crippen molar-refractivity contribution < 1.29 is 34.2 Å². The lowest BCUT2D eigenvalue weighted by molar-refractivity contribution is -0.142. The third kappa shape index (κ3) is 10.0. The lowest BCUT2D eigenvalue weighted by Crippen LogP contribution is -2.60. The summed E-state index contributed by atoms with van der Waals surface area (Å²) in [5.41, 5.74) is 6.50. The monoisotopic (exact) mass is 506 g/mol. The Kier molecular flexibility index (Phi) is 12.6. The van der Waals surface area contributed by atoms with Crippen molar-refractivity contribution in [2.24, 2.45) is 17.6 Å². The molecule has 0 spiro atoms. The average Bonchev–Trinajstić information content (AvgIpc) is 2.83. The standard InChI is InChI=1S/C25H38N4O7/c1-5-15(4)21(29-22(32)17(26)11-12-19(30)31)24(34)28-20(14(2)3)23(33)27-18(25(35)36)13-16-9-7-6-8-10-16/h6-10,14-15,17-18,20-21H,5,11-13,26H2,1-4H3,(H,27,33)(H,28,34)(H,29,32)(H,30,31)(H,35,36). The van der Waals surface area contributed by atoms with Gasteiger partial charge in [0.15, 0.2) is 0 Å². The lowest BCUT2D eigenvalue weighted by atomic mass is 9.95. The number of hydrogen-bond acceptors (Lipinski definition) is 6. The van der Waals surface area contributed by atoms with Crippen LogP contribution in [-0.4, -0.2) is 64.0 Å². The Hall–Kier alpha value is -3.47. The molecule has 5 unspecified atom stereocenters. The molecule has 1 rings (SSSR count). The smallest absolute Gasteiger partial charge is 0.326 e. The molecule has 11 heteroatoms. The molecule has 1 aromatic carbocycles. The van der Waals surface area contributed by atoms with Gasteiger partial charge in [0.05, 0.1) is 6.04 Å². The molecule has 0 aliphatic carbocycles. The van der Waals surface area contributed by atoms with Gasteiger partial charge in [0, 0.05) is 12.8 Å². The molecule has 0 radical (unpaired) electrons. The van der Waals surface area contributed by atoms with Gasteiger partial charge >= 0.3 is 11.9 Å². The van der Waals surface area contributed by atoms with Gasteiger partial charge in [-0.15, -0.1) is 0 Å². The first-order valence-corrected chi connectivity index (χ1v) is 12.0. The van der Waals surface area contributed by atoms with Gasteiger partial charge in [-0.2, -0.15) is 0 Å². The minimum Gasteiger partial charge on any atom is -0.481 e. The quantitative estimate of drug-likeness (QED) is 0.200. The van der Waals surface area contributed by atoms with Crippen LogP contribution in [0, 0.1) is 11.8 Å². The first kappa shape index (κ1) is 30.6. The normalized spacial score (nSPS) is 15.2. The number of nitrogens with one attached hydrogen (secondary N) is 3. The van der Waals surface area contributed by atoms with Gasteiger partial charge in [-0.05, 0) is 23.8 Å². The average molecular weight is 507 g/mol. The van der Waals surface area contributed by atoms with E-state index in [-0.39, 0.29) is 31.1 Å². The topological polar surface area (TPSA) is 188 Å². The highest BCUT2D eigenvalue weighted by Crippen LogP contribution is 2.12. The molecule has 0 bridgehead atoms. The number of hydrogen-bond donors (Lipinski definition) is 6. The molecule has 0 aliphatic heterocycles. The van der Waals surface area contributed by atoms with Crippen molar-refractivity contribution in [3.05, 3.63) is 35.9 Å². The molecule has 0 saturated heterocycles. The van der Waals surface area contributed by atoms with E-state index < -0.39 is 53.8 Å². The Morgan fingerprint density at radius 1 is 0.861 bits per heavy atom. The van der Waals surface area contributed by atoms with Crippen LogP contribution in [0.2, 0.25) is 0 Å². The van der Waals surface area contributed by atoms with Crippen molar-refractivity contribution in [1.82, 2.24) is 16.0 Å². The highest BCUT2D eigenvalue weighted by atomic mass is 16.4. The summed E-state index contributed by atoms with van der Waals surface area (Å²) in [5.74, 6) is -4.95. The zero-order chi connectivity index (χ0) is 27.4. The maximum atomic E-state index is 13.1. The Balaban J connectivity index is 2.96. The molecule has 5 atom stereocenters. The van der Waals surface area contributed by atoms with Crippen LogP contribution in [0.4, 0.5) is 0 Å². The fraction of sp³-hybridized carbons (Fsp3) is 0.560. The number of rotatable bonds is 15. The molecule has 7 N–H and O–H groups in total. The van der Waals surface area contributed by atoms with Crippen LogP contribution in [0.25, 0.3) is 0 Å². The SMILES string of the molecule is CCC(C)C(NC(=O)C(N)CCC(=O)O)C(=O)NC(C(=O)NC(Cc1ccccc1)C(=O)O)C(C)C. The number of benzene rings is 1. The fourth-order valence-electron chi connectivity index (χ4n) is 3.46. The molecule has 0 fully saturated rings. The lowest BCUT2D eigenvalue weighted by Gasteiger charge is -2.29. The molecular weight excluding hydrogens is 468 g/mol. The molecule has 0 heterocycles. The third-order valence-electron chi connectivity index (χ3n) is 5.94. The molecule has 3 amide bonds. The summed E-state index contributed by atoms with van der Waals surface area (Å²) in [5, 5.41) is 26.1. The second-order valence-electron chi connectivity index (χ2n) is 9.23. The maximum absolute atomic E-state index is 13.1. The maximum Gasteiger partial charge on any atom is 0.326 e. The number of carbonyl (C=O) groups excluding carboxylic acids is 3. The number of carbonyl (C=O) groups is 5. The minimum absolute atomic E-state index is 0.0699.